The predicted molar refractivity (Wildman–Crippen MR) is 68.1 cm³/mol. The van der Waals surface area contributed by atoms with Crippen molar-refractivity contribution in [3.8, 4) is 0 Å². The molecule has 0 spiro atoms. The number of nitrogens with two attached hydrogens (primary N) is 1. The highest BCUT2D eigenvalue weighted by Gasteiger charge is 2.23. The Morgan fingerprint density at radius 2 is 2.06 bits per heavy atom. The molecular formula is C10H12BrFN2O3S. The Bertz CT molecular complexity index is 589. The zero-order chi connectivity index (χ0) is 14.1. The molecule has 0 saturated heterocycles. The number of hydrogen-bond donors (Lipinski definition) is 1. The van der Waals surface area contributed by atoms with Crippen molar-refractivity contribution in [3.05, 3.63) is 28.0 Å². The molecule has 5 nitrogen and oxygen atoms in total. The molecule has 0 bridgehead atoms. The van der Waals surface area contributed by atoms with E-state index in [0.717, 1.165) is 6.07 Å². The van der Waals surface area contributed by atoms with Gasteiger partial charge in [-0.1, -0.05) is 15.9 Å². The SMILES string of the molecule is CCN(C)C(=O)c1cc(Br)cc(S(N)(=O)=O)c1F. The summed E-state index contributed by atoms with van der Waals surface area (Å²) in [7, 11) is -2.73. The van der Waals surface area contributed by atoms with E-state index in [9.17, 15) is 17.6 Å². The summed E-state index contributed by atoms with van der Waals surface area (Å²) in [5, 5.41) is 4.89. The molecule has 0 aromatic heterocycles. The maximum absolute atomic E-state index is 14.0. The molecule has 0 aliphatic rings. The Hall–Kier alpha value is -0.990. The van der Waals surface area contributed by atoms with Gasteiger partial charge in [0.2, 0.25) is 10.0 Å². The standard InChI is InChI=1S/C10H12BrFN2O3S/c1-3-14(2)10(15)7-4-6(11)5-8(9(7)12)18(13,16)17/h4-5H,3H2,1-2H3,(H2,13,16,17). The minimum atomic E-state index is -4.22. The van der Waals surface area contributed by atoms with E-state index in [2.05, 4.69) is 15.9 Å². The third kappa shape index (κ3) is 3.06. The van der Waals surface area contributed by atoms with Gasteiger partial charge < -0.3 is 4.90 Å². The van der Waals surface area contributed by atoms with E-state index >= 15 is 0 Å². The van der Waals surface area contributed by atoms with Crippen LogP contribution in [0.4, 0.5) is 4.39 Å². The van der Waals surface area contributed by atoms with Crippen molar-refractivity contribution in [3.63, 3.8) is 0 Å². The van der Waals surface area contributed by atoms with Gasteiger partial charge in [0.25, 0.3) is 5.91 Å². The van der Waals surface area contributed by atoms with Gasteiger partial charge in [0.1, 0.15) is 4.90 Å². The molecule has 0 fully saturated rings. The highest BCUT2D eigenvalue weighted by molar-refractivity contribution is 9.10. The lowest BCUT2D eigenvalue weighted by atomic mass is 10.2. The Balaban J connectivity index is 3.48. The molecule has 8 heteroatoms. The fourth-order valence-corrected chi connectivity index (χ4v) is 2.54. The Kier molecular flexibility index (Phi) is 4.46. The van der Waals surface area contributed by atoms with Gasteiger partial charge in [-0.3, -0.25) is 4.79 Å². The Morgan fingerprint density at radius 3 is 2.50 bits per heavy atom. The van der Waals surface area contributed by atoms with Crippen LogP contribution in [0.2, 0.25) is 0 Å². The first-order valence-corrected chi connectivity index (χ1v) is 7.29. The zero-order valence-electron chi connectivity index (χ0n) is 9.78. The molecule has 1 amide bonds. The molecule has 18 heavy (non-hydrogen) atoms. The van der Waals surface area contributed by atoms with E-state index in [4.69, 9.17) is 5.14 Å². The van der Waals surface area contributed by atoms with E-state index < -0.39 is 26.6 Å². The minimum Gasteiger partial charge on any atom is -0.342 e. The van der Waals surface area contributed by atoms with Crippen LogP contribution in [-0.2, 0) is 10.0 Å². The third-order valence-corrected chi connectivity index (χ3v) is 3.73. The van der Waals surface area contributed by atoms with Gasteiger partial charge in [-0.25, -0.2) is 17.9 Å². The summed E-state index contributed by atoms with van der Waals surface area (Å²) in [6.45, 7) is 2.09. The minimum absolute atomic E-state index is 0.265. The molecule has 0 atom stereocenters. The lowest BCUT2D eigenvalue weighted by Gasteiger charge is -2.16. The summed E-state index contributed by atoms with van der Waals surface area (Å²) in [4.78, 5) is 12.4. The fourth-order valence-electron chi connectivity index (χ4n) is 1.28. The number of sulfonamides is 1. The van der Waals surface area contributed by atoms with Crippen molar-refractivity contribution in [1.82, 2.24) is 4.90 Å². The van der Waals surface area contributed by atoms with Crippen molar-refractivity contribution in [2.24, 2.45) is 5.14 Å². The molecule has 100 valence electrons. The van der Waals surface area contributed by atoms with E-state index in [0.29, 0.717) is 6.54 Å². The number of carbonyl (C=O) groups excluding carboxylic acids is 1. The number of amides is 1. The van der Waals surface area contributed by atoms with Crippen molar-refractivity contribution in [2.45, 2.75) is 11.8 Å². The summed E-state index contributed by atoms with van der Waals surface area (Å²) in [5.74, 6) is -1.74. The van der Waals surface area contributed by atoms with Gasteiger partial charge in [0.15, 0.2) is 5.82 Å². The second-order valence-electron chi connectivity index (χ2n) is 3.63. The van der Waals surface area contributed by atoms with Crippen LogP contribution in [0.5, 0.6) is 0 Å². The second kappa shape index (κ2) is 5.33. The molecule has 0 heterocycles. The summed E-state index contributed by atoms with van der Waals surface area (Å²) >= 11 is 3.02. The smallest absolute Gasteiger partial charge is 0.256 e. The number of rotatable bonds is 3. The number of carbonyl (C=O) groups is 1. The van der Waals surface area contributed by atoms with Crippen molar-refractivity contribution in [2.75, 3.05) is 13.6 Å². The largest absolute Gasteiger partial charge is 0.342 e. The topological polar surface area (TPSA) is 80.5 Å². The molecule has 0 saturated carbocycles. The summed E-state index contributed by atoms with van der Waals surface area (Å²) in [6.07, 6.45) is 0. The molecular weight excluding hydrogens is 327 g/mol. The molecule has 0 radical (unpaired) electrons. The monoisotopic (exact) mass is 338 g/mol. The second-order valence-corrected chi connectivity index (χ2v) is 6.08. The number of nitrogens with zero attached hydrogens (tertiary/aromatic N) is 1. The number of benzene rings is 1. The van der Waals surface area contributed by atoms with Gasteiger partial charge in [-0.2, -0.15) is 0 Å². The van der Waals surface area contributed by atoms with Crippen LogP contribution in [0.3, 0.4) is 0 Å². The number of halogens is 2. The summed E-state index contributed by atoms with van der Waals surface area (Å²) in [5.41, 5.74) is -0.335. The molecule has 2 N–H and O–H groups in total. The summed E-state index contributed by atoms with van der Waals surface area (Å²) in [6, 6.07) is 2.24. The molecule has 1 aromatic carbocycles. The quantitative estimate of drug-likeness (QED) is 0.902. The molecule has 0 aliphatic heterocycles. The normalized spacial score (nSPS) is 11.4. The lowest BCUT2D eigenvalue weighted by Crippen LogP contribution is -2.28. The Labute approximate surface area is 113 Å². The van der Waals surface area contributed by atoms with Crippen LogP contribution >= 0.6 is 15.9 Å². The van der Waals surface area contributed by atoms with Crippen LogP contribution < -0.4 is 5.14 Å². The maximum Gasteiger partial charge on any atom is 0.256 e. The van der Waals surface area contributed by atoms with E-state index in [1.54, 1.807) is 6.92 Å². The van der Waals surface area contributed by atoms with E-state index in [1.165, 1.54) is 18.0 Å². The average Bonchev–Trinajstić information content (AvgIpc) is 2.28. The highest BCUT2D eigenvalue weighted by Crippen LogP contribution is 2.24. The average molecular weight is 339 g/mol. The lowest BCUT2D eigenvalue weighted by molar-refractivity contribution is 0.0797. The van der Waals surface area contributed by atoms with Crippen LogP contribution in [0.15, 0.2) is 21.5 Å². The molecule has 1 aromatic rings. The third-order valence-electron chi connectivity index (χ3n) is 2.36. The van der Waals surface area contributed by atoms with Gasteiger partial charge in [-0.05, 0) is 19.1 Å². The molecule has 1 rings (SSSR count). The summed E-state index contributed by atoms with van der Waals surface area (Å²) < 4.78 is 36.7. The van der Waals surface area contributed by atoms with Gasteiger partial charge in [0, 0.05) is 18.1 Å². The maximum atomic E-state index is 14.0. The first kappa shape index (κ1) is 15.1. The number of hydrogen-bond acceptors (Lipinski definition) is 3. The van der Waals surface area contributed by atoms with E-state index in [1.807, 2.05) is 0 Å². The van der Waals surface area contributed by atoms with Gasteiger partial charge >= 0.3 is 0 Å². The van der Waals surface area contributed by atoms with Crippen LogP contribution in [0.25, 0.3) is 0 Å². The molecule has 0 aliphatic carbocycles. The Morgan fingerprint density at radius 1 is 1.50 bits per heavy atom. The van der Waals surface area contributed by atoms with Gasteiger partial charge in [0.05, 0.1) is 5.56 Å². The first-order chi connectivity index (χ1) is 8.18. The van der Waals surface area contributed by atoms with Gasteiger partial charge in [-0.15, -0.1) is 0 Å². The van der Waals surface area contributed by atoms with Crippen molar-refractivity contribution < 1.29 is 17.6 Å². The van der Waals surface area contributed by atoms with Crippen LogP contribution in [0.1, 0.15) is 17.3 Å². The van der Waals surface area contributed by atoms with Crippen molar-refractivity contribution >= 4 is 31.9 Å². The van der Waals surface area contributed by atoms with Crippen LogP contribution in [0, 0.1) is 5.82 Å². The van der Waals surface area contributed by atoms with Crippen LogP contribution in [-0.4, -0.2) is 32.8 Å². The van der Waals surface area contributed by atoms with Crippen molar-refractivity contribution in [1.29, 1.82) is 0 Å². The molecule has 0 unspecified atom stereocenters. The predicted octanol–water partition coefficient (Wildman–Crippen LogP) is 1.33. The van der Waals surface area contributed by atoms with E-state index in [-0.39, 0.29) is 10.0 Å². The number of primary sulfonamides is 1. The zero-order valence-corrected chi connectivity index (χ0v) is 12.2. The first-order valence-electron chi connectivity index (χ1n) is 4.95. The fraction of sp³-hybridized carbons (Fsp3) is 0.300. The highest BCUT2D eigenvalue weighted by atomic mass is 79.9.